The quantitative estimate of drug-likeness (QED) is 0.732. The highest BCUT2D eigenvalue weighted by Crippen LogP contribution is 2.28. The number of hydrogen-bond acceptors (Lipinski definition) is 2. The largest absolute Gasteiger partial charge is 0.325 e. The van der Waals surface area contributed by atoms with Gasteiger partial charge in [0.15, 0.2) is 0 Å². The summed E-state index contributed by atoms with van der Waals surface area (Å²) < 4.78 is 0. The van der Waals surface area contributed by atoms with Crippen LogP contribution in [-0.2, 0) is 10.5 Å². The third-order valence-electron chi connectivity index (χ3n) is 3.64. The molecule has 0 aliphatic rings. The van der Waals surface area contributed by atoms with Crippen molar-refractivity contribution in [2.75, 3.05) is 11.1 Å². The van der Waals surface area contributed by atoms with Crippen LogP contribution in [0.5, 0.6) is 0 Å². The second-order valence-electron chi connectivity index (χ2n) is 5.83. The molecule has 2 rings (SSSR count). The summed E-state index contributed by atoms with van der Waals surface area (Å²) in [4.78, 5) is 12.2. The Kier molecular flexibility index (Phi) is 6.55. The van der Waals surface area contributed by atoms with E-state index in [2.05, 4.69) is 25.2 Å². The number of halogens is 1. The van der Waals surface area contributed by atoms with Crippen LogP contribution in [0.15, 0.2) is 42.5 Å². The summed E-state index contributed by atoms with van der Waals surface area (Å²) in [5, 5.41) is 3.82. The highest BCUT2D eigenvalue weighted by atomic mass is 35.5. The summed E-state index contributed by atoms with van der Waals surface area (Å²) in [5.41, 5.74) is 4.28. The molecule has 2 aromatic rings. The van der Waals surface area contributed by atoms with E-state index in [1.165, 1.54) is 5.56 Å². The van der Waals surface area contributed by atoms with Gasteiger partial charge in [-0.3, -0.25) is 4.79 Å². The third-order valence-corrected chi connectivity index (χ3v) is 4.99. The molecule has 0 bridgehead atoms. The molecule has 2 aromatic carbocycles. The maximum Gasteiger partial charge on any atom is 0.234 e. The molecule has 2 nitrogen and oxygen atoms in total. The molecule has 0 saturated carbocycles. The lowest BCUT2D eigenvalue weighted by atomic mass is 9.98. The molecule has 0 fully saturated rings. The molecule has 122 valence electrons. The molecule has 23 heavy (non-hydrogen) atoms. The van der Waals surface area contributed by atoms with Crippen LogP contribution < -0.4 is 5.32 Å². The van der Waals surface area contributed by atoms with Crippen LogP contribution in [-0.4, -0.2) is 11.7 Å². The summed E-state index contributed by atoms with van der Waals surface area (Å²) in [7, 11) is 0. The second-order valence-corrected chi connectivity index (χ2v) is 7.22. The normalized spacial score (nSPS) is 10.8. The smallest absolute Gasteiger partial charge is 0.234 e. The van der Waals surface area contributed by atoms with Gasteiger partial charge in [-0.15, -0.1) is 11.8 Å². The van der Waals surface area contributed by atoms with Gasteiger partial charge in [-0.2, -0.15) is 0 Å². The number of para-hydroxylation sites is 1. The van der Waals surface area contributed by atoms with Crippen LogP contribution in [0.2, 0.25) is 5.02 Å². The Labute approximate surface area is 147 Å². The molecule has 1 amide bonds. The molecule has 0 unspecified atom stereocenters. The first-order chi connectivity index (χ1) is 11.0. The highest BCUT2D eigenvalue weighted by molar-refractivity contribution is 7.99. The summed E-state index contributed by atoms with van der Waals surface area (Å²) >= 11 is 7.70. The van der Waals surface area contributed by atoms with E-state index in [1.807, 2.05) is 43.3 Å². The van der Waals surface area contributed by atoms with Crippen molar-refractivity contribution in [3.05, 3.63) is 64.2 Å². The number of nitrogens with one attached hydrogen (secondary N) is 1. The molecule has 0 spiro atoms. The molecular weight excluding hydrogens is 326 g/mol. The average Bonchev–Trinajstić information content (AvgIpc) is 2.51. The number of carbonyl (C=O) groups is 1. The van der Waals surface area contributed by atoms with E-state index >= 15 is 0 Å². The van der Waals surface area contributed by atoms with E-state index < -0.39 is 0 Å². The number of rotatable bonds is 6. The minimum absolute atomic E-state index is 0.0262. The molecule has 0 radical (unpaired) electrons. The zero-order valence-corrected chi connectivity index (χ0v) is 15.3. The fourth-order valence-corrected chi connectivity index (χ4v) is 3.50. The number of hydrogen-bond donors (Lipinski definition) is 1. The van der Waals surface area contributed by atoms with Gasteiger partial charge in [-0.1, -0.05) is 61.8 Å². The predicted molar refractivity (Wildman–Crippen MR) is 102 cm³/mol. The van der Waals surface area contributed by atoms with Crippen LogP contribution in [0.1, 0.15) is 36.5 Å². The number of thioether (sulfide) groups is 1. The van der Waals surface area contributed by atoms with Crippen molar-refractivity contribution in [3.63, 3.8) is 0 Å². The van der Waals surface area contributed by atoms with Crippen molar-refractivity contribution in [2.45, 2.75) is 32.4 Å². The van der Waals surface area contributed by atoms with Gasteiger partial charge in [0, 0.05) is 16.5 Å². The van der Waals surface area contributed by atoms with Crippen molar-refractivity contribution >= 4 is 35.0 Å². The lowest BCUT2D eigenvalue weighted by Crippen LogP contribution is -2.16. The summed E-state index contributed by atoms with van der Waals surface area (Å²) in [6, 6.07) is 13.9. The number of benzene rings is 2. The fraction of sp³-hybridized carbons (Fsp3) is 0.316. The molecule has 0 aliphatic carbocycles. The Bertz CT molecular complexity index is 685. The lowest BCUT2D eigenvalue weighted by Gasteiger charge is -2.16. The topological polar surface area (TPSA) is 29.1 Å². The molecule has 0 atom stereocenters. The zero-order chi connectivity index (χ0) is 16.8. The molecule has 0 aromatic heterocycles. The van der Waals surface area contributed by atoms with Gasteiger partial charge in [0.25, 0.3) is 0 Å². The van der Waals surface area contributed by atoms with Crippen molar-refractivity contribution in [1.29, 1.82) is 0 Å². The first-order valence-electron chi connectivity index (χ1n) is 7.69. The first kappa shape index (κ1) is 17.9. The monoisotopic (exact) mass is 347 g/mol. The first-order valence-corrected chi connectivity index (χ1v) is 9.22. The van der Waals surface area contributed by atoms with Crippen molar-refractivity contribution in [1.82, 2.24) is 0 Å². The maximum absolute atomic E-state index is 12.2. The van der Waals surface area contributed by atoms with Crippen LogP contribution in [0.25, 0.3) is 0 Å². The van der Waals surface area contributed by atoms with Gasteiger partial charge in [-0.25, -0.2) is 0 Å². The number of aryl methyl sites for hydroxylation is 1. The van der Waals surface area contributed by atoms with Gasteiger partial charge in [0.1, 0.15) is 0 Å². The Hall–Kier alpha value is -1.45. The summed E-state index contributed by atoms with van der Waals surface area (Å²) in [6.07, 6.45) is 0. The van der Waals surface area contributed by atoms with Crippen molar-refractivity contribution < 1.29 is 4.79 Å². The van der Waals surface area contributed by atoms with E-state index in [1.54, 1.807) is 11.8 Å². The van der Waals surface area contributed by atoms with E-state index in [4.69, 9.17) is 11.6 Å². The molecule has 1 N–H and O–H groups in total. The van der Waals surface area contributed by atoms with E-state index in [9.17, 15) is 4.79 Å². The zero-order valence-electron chi connectivity index (χ0n) is 13.7. The molecule has 0 aliphatic heterocycles. The minimum Gasteiger partial charge on any atom is -0.325 e. The Morgan fingerprint density at radius 3 is 2.61 bits per heavy atom. The molecule has 0 saturated heterocycles. The van der Waals surface area contributed by atoms with Gasteiger partial charge >= 0.3 is 0 Å². The standard InChI is InChI=1S/C19H22ClNOS/c1-13(2)16-9-6-7-14(3)19(16)21-18(22)12-23-11-15-8-4-5-10-17(15)20/h4-10,13H,11-12H2,1-3H3,(H,21,22). The van der Waals surface area contributed by atoms with Gasteiger partial charge < -0.3 is 5.32 Å². The maximum atomic E-state index is 12.2. The Morgan fingerprint density at radius 1 is 1.17 bits per heavy atom. The third kappa shape index (κ3) is 5.02. The lowest BCUT2D eigenvalue weighted by molar-refractivity contribution is -0.113. The Balaban J connectivity index is 1.94. The molecule has 0 heterocycles. The number of amides is 1. The second kappa shape index (κ2) is 8.42. The van der Waals surface area contributed by atoms with E-state index in [0.29, 0.717) is 11.7 Å². The van der Waals surface area contributed by atoms with Gasteiger partial charge in [0.2, 0.25) is 5.91 Å². The van der Waals surface area contributed by atoms with Crippen LogP contribution in [0, 0.1) is 6.92 Å². The molecule has 4 heteroatoms. The Morgan fingerprint density at radius 2 is 1.91 bits per heavy atom. The highest BCUT2D eigenvalue weighted by Gasteiger charge is 2.12. The van der Waals surface area contributed by atoms with Crippen LogP contribution in [0.3, 0.4) is 0 Å². The van der Waals surface area contributed by atoms with E-state index in [0.717, 1.165) is 27.6 Å². The van der Waals surface area contributed by atoms with Gasteiger partial charge in [0.05, 0.1) is 5.75 Å². The SMILES string of the molecule is Cc1cccc(C(C)C)c1NC(=O)CSCc1ccccc1Cl. The molecular formula is C19H22ClNOS. The van der Waals surface area contributed by atoms with Crippen molar-refractivity contribution in [2.24, 2.45) is 0 Å². The summed E-state index contributed by atoms with van der Waals surface area (Å²) in [5.74, 6) is 1.55. The number of carbonyl (C=O) groups excluding carboxylic acids is 1. The minimum atomic E-state index is 0.0262. The number of anilines is 1. The van der Waals surface area contributed by atoms with Gasteiger partial charge in [-0.05, 0) is 35.6 Å². The van der Waals surface area contributed by atoms with Crippen LogP contribution >= 0.6 is 23.4 Å². The van der Waals surface area contributed by atoms with Crippen molar-refractivity contribution in [3.8, 4) is 0 Å². The predicted octanol–water partition coefficient (Wildman–Crippen LogP) is 5.64. The summed E-state index contributed by atoms with van der Waals surface area (Å²) in [6.45, 7) is 6.30. The fourth-order valence-electron chi connectivity index (χ4n) is 2.39. The average molecular weight is 348 g/mol. The van der Waals surface area contributed by atoms with E-state index in [-0.39, 0.29) is 5.91 Å². The van der Waals surface area contributed by atoms with Crippen LogP contribution in [0.4, 0.5) is 5.69 Å².